The first kappa shape index (κ1) is 20.4. The molecule has 1 aliphatic rings. The van der Waals surface area contributed by atoms with Crippen LogP contribution in [0.5, 0.6) is 0 Å². The van der Waals surface area contributed by atoms with Gasteiger partial charge in [-0.25, -0.2) is 0 Å². The molecular formula is C21H34O3S. The molecule has 1 aromatic rings. The molecule has 0 spiro atoms. The first-order chi connectivity index (χ1) is 11.5. The SMILES string of the molecule is CC(c1ccc(C(C)(C)C)cc1)C1(CCCCS(=O)(=O)O)CCCC1. The highest BCUT2D eigenvalue weighted by Crippen LogP contribution is 2.52. The summed E-state index contributed by atoms with van der Waals surface area (Å²) in [5, 5.41) is 0. The minimum atomic E-state index is -3.83. The van der Waals surface area contributed by atoms with Crippen molar-refractivity contribution in [1.82, 2.24) is 0 Å². The zero-order valence-corrected chi connectivity index (χ0v) is 17.0. The van der Waals surface area contributed by atoms with Gasteiger partial charge in [0.15, 0.2) is 0 Å². The van der Waals surface area contributed by atoms with Crippen molar-refractivity contribution in [2.75, 3.05) is 5.75 Å². The summed E-state index contributed by atoms with van der Waals surface area (Å²) in [5.41, 5.74) is 3.20. The van der Waals surface area contributed by atoms with Gasteiger partial charge < -0.3 is 0 Å². The van der Waals surface area contributed by atoms with Gasteiger partial charge in [0.25, 0.3) is 10.1 Å². The van der Waals surface area contributed by atoms with Gasteiger partial charge in [-0.15, -0.1) is 0 Å². The molecule has 1 fully saturated rings. The fraction of sp³-hybridized carbons (Fsp3) is 0.714. The van der Waals surface area contributed by atoms with Gasteiger partial charge >= 0.3 is 0 Å². The molecule has 0 heterocycles. The van der Waals surface area contributed by atoms with E-state index in [-0.39, 0.29) is 16.6 Å². The zero-order valence-electron chi connectivity index (χ0n) is 16.2. The maximum atomic E-state index is 10.9. The van der Waals surface area contributed by atoms with Crippen LogP contribution in [0.1, 0.15) is 89.7 Å². The summed E-state index contributed by atoms with van der Waals surface area (Å²) < 4.78 is 30.8. The molecule has 1 aliphatic carbocycles. The zero-order chi connectivity index (χ0) is 18.7. The Morgan fingerprint density at radius 2 is 1.64 bits per heavy atom. The lowest BCUT2D eigenvalue weighted by atomic mass is 9.68. The van der Waals surface area contributed by atoms with Gasteiger partial charge in [-0.3, -0.25) is 4.55 Å². The number of hydrogen-bond donors (Lipinski definition) is 1. The molecule has 1 N–H and O–H groups in total. The third-order valence-electron chi connectivity index (χ3n) is 6.12. The fourth-order valence-electron chi connectivity index (χ4n) is 4.37. The molecule has 3 nitrogen and oxygen atoms in total. The van der Waals surface area contributed by atoms with Crippen molar-refractivity contribution >= 4 is 10.1 Å². The van der Waals surface area contributed by atoms with Gasteiger partial charge in [0.2, 0.25) is 0 Å². The van der Waals surface area contributed by atoms with Crippen molar-refractivity contribution in [3.05, 3.63) is 35.4 Å². The van der Waals surface area contributed by atoms with Crippen molar-refractivity contribution < 1.29 is 13.0 Å². The second kappa shape index (κ2) is 7.79. The summed E-state index contributed by atoms with van der Waals surface area (Å²) in [5.74, 6) is 0.368. The summed E-state index contributed by atoms with van der Waals surface area (Å²) >= 11 is 0. The van der Waals surface area contributed by atoms with Crippen LogP contribution in [0.2, 0.25) is 0 Å². The monoisotopic (exact) mass is 366 g/mol. The molecule has 2 rings (SSSR count). The molecule has 0 aromatic heterocycles. The number of hydrogen-bond acceptors (Lipinski definition) is 2. The molecule has 0 radical (unpaired) electrons. The molecule has 1 saturated carbocycles. The first-order valence-corrected chi connectivity index (χ1v) is 11.2. The Hall–Kier alpha value is -0.870. The highest BCUT2D eigenvalue weighted by atomic mass is 32.2. The summed E-state index contributed by atoms with van der Waals surface area (Å²) in [7, 11) is -3.83. The lowest BCUT2D eigenvalue weighted by Gasteiger charge is -2.36. The number of rotatable bonds is 7. The van der Waals surface area contributed by atoms with Gasteiger partial charge in [-0.05, 0) is 53.6 Å². The number of benzene rings is 1. The summed E-state index contributed by atoms with van der Waals surface area (Å²) in [6, 6.07) is 9.08. The van der Waals surface area contributed by atoms with Crippen molar-refractivity contribution in [1.29, 1.82) is 0 Å². The third kappa shape index (κ3) is 5.55. The second-order valence-electron chi connectivity index (χ2n) is 8.91. The minimum Gasteiger partial charge on any atom is -0.286 e. The highest BCUT2D eigenvalue weighted by molar-refractivity contribution is 7.85. The summed E-state index contributed by atoms with van der Waals surface area (Å²) in [6.07, 6.45) is 7.44. The summed E-state index contributed by atoms with van der Waals surface area (Å²) in [4.78, 5) is 0. The van der Waals surface area contributed by atoms with Gasteiger partial charge in [-0.2, -0.15) is 8.42 Å². The van der Waals surface area contributed by atoms with E-state index >= 15 is 0 Å². The van der Waals surface area contributed by atoms with E-state index in [0.717, 1.165) is 12.8 Å². The topological polar surface area (TPSA) is 54.4 Å². The molecule has 0 bridgehead atoms. The summed E-state index contributed by atoms with van der Waals surface area (Å²) in [6.45, 7) is 9.04. The average Bonchev–Trinajstić information content (AvgIpc) is 2.99. The van der Waals surface area contributed by atoms with E-state index in [0.29, 0.717) is 12.3 Å². The number of unbranched alkanes of at least 4 members (excludes halogenated alkanes) is 1. The van der Waals surface area contributed by atoms with Crippen LogP contribution in [0.15, 0.2) is 24.3 Å². The molecule has 142 valence electrons. The molecule has 0 saturated heterocycles. The second-order valence-corrected chi connectivity index (χ2v) is 10.5. The van der Waals surface area contributed by atoms with Crippen molar-refractivity contribution in [3.63, 3.8) is 0 Å². The largest absolute Gasteiger partial charge is 0.286 e. The lowest BCUT2D eigenvalue weighted by molar-refractivity contribution is 0.213. The average molecular weight is 367 g/mol. The van der Waals surface area contributed by atoms with Gasteiger partial charge in [0.1, 0.15) is 0 Å². The first-order valence-electron chi connectivity index (χ1n) is 9.59. The van der Waals surface area contributed by atoms with Crippen LogP contribution in [0.25, 0.3) is 0 Å². The van der Waals surface area contributed by atoms with E-state index in [2.05, 4.69) is 52.0 Å². The van der Waals surface area contributed by atoms with Crippen molar-refractivity contribution in [2.45, 2.75) is 84.0 Å². The molecule has 25 heavy (non-hydrogen) atoms. The smallest absolute Gasteiger partial charge is 0.264 e. The van der Waals surface area contributed by atoms with Crippen LogP contribution in [0.3, 0.4) is 0 Å². The normalized spacial score (nSPS) is 19.1. The minimum absolute atomic E-state index is 0.113. The molecule has 0 aliphatic heterocycles. The maximum absolute atomic E-state index is 10.9. The van der Waals surface area contributed by atoms with Gasteiger partial charge in [-0.1, -0.05) is 71.2 Å². The van der Waals surface area contributed by atoms with E-state index in [1.165, 1.54) is 36.8 Å². The predicted molar refractivity (Wildman–Crippen MR) is 105 cm³/mol. The molecular weight excluding hydrogens is 332 g/mol. The van der Waals surface area contributed by atoms with E-state index in [1.807, 2.05) is 0 Å². The Labute approximate surface area is 154 Å². The van der Waals surface area contributed by atoms with Crippen LogP contribution in [0.4, 0.5) is 0 Å². The van der Waals surface area contributed by atoms with Crippen molar-refractivity contribution in [2.24, 2.45) is 5.41 Å². The van der Waals surface area contributed by atoms with E-state index in [1.54, 1.807) is 0 Å². The molecule has 1 aromatic carbocycles. The van der Waals surface area contributed by atoms with Gasteiger partial charge in [0.05, 0.1) is 5.75 Å². The van der Waals surface area contributed by atoms with E-state index < -0.39 is 10.1 Å². The van der Waals surface area contributed by atoms with Gasteiger partial charge in [0, 0.05) is 0 Å². The highest BCUT2D eigenvalue weighted by Gasteiger charge is 2.39. The third-order valence-corrected chi connectivity index (χ3v) is 6.93. The molecule has 1 atom stereocenters. The standard InChI is InChI=1S/C21H34O3S/c1-17(18-9-11-19(12-10-18)20(2,3)4)21(13-5-6-14-21)15-7-8-16-25(22,23)24/h9-12,17H,5-8,13-16H2,1-4H3,(H,22,23,24). The quantitative estimate of drug-likeness (QED) is 0.497. The Morgan fingerprint density at radius 1 is 1.08 bits per heavy atom. The Bertz CT molecular complexity index is 647. The predicted octanol–water partition coefficient (Wildman–Crippen LogP) is 5.71. The molecule has 0 amide bonds. The molecule has 1 unspecified atom stereocenters. The van der Waals surface area contributed by atoms with E-state index in [9.17, 15) is 8.42 Å². The van der Waals surface area contributed by atoms with Crippen LogP contribution in [-0.2, 0) is 15.5 Å². The van der Waals surface area contributed by atoms with Crippen LogP contribution < -0.4 is 0 Å². The Kier molecular flexibility index (Phi) is 6.37. The van der Waals surface area contributed by atoms with Crippen molar-refractivity contribution in [3.8, 4) is 0 Å². The van der Waals surface area contributed by atoms with E-state index in [4.69, 9.17) is 4.55 Å². The maximum Gasteiger partial charge on any atom is 0.264 e. The molecule has 4 heteroatoms. The van der Waals surface area contributed by atoms with Crippen LogP contribution in [-0.4, -0.2) is 18.7 Å². The lowest BCUT2D eigenvalue weighted by Crippen LogP contribution is -2.24. The van der Waals surface area contributed by atoms with Crippen LogP contribution in [0, 0.1) is 5.41 Å². The fourth-order valence-corrected chi connectivity index (χ4v) is 4.93. The Balaban J connectivity index is 2.08. The Morgan fingerprint density at radius 3 is 2.12 bits per heavy atom. The van der Waals surface area contributed by atoms with Crippen LogP contribution >= 0.6 is 0 Å².